The first-order chi connectivity index (χ1) is 16.4. The second-order valence-electron chi connectivity index (χ2n) is 9.20. The molecule has 6 nitrogen and oxygen atoms in total. The van der Waals surface area contributed by atoms with Crippen LogP contribution in [0.15, 0.2) is 60.7 Å². The average Bonchev–Trinajstić information content (AvgIpc) is 2.88. The number of carbonyl (C=O) groups is 1. The fourth-order valence-corrected chi connectivity index (χ4v) is 6.51. The molecule has 0 saturated carbocycles. The lowest BCUT2D eigenvalue weighted by molar-refractivity contribution is -0.121. The Morgan fingerprint density at radius 1 is 0.853 bits per heavy atom. The minimum atomic E-state index is -3.33. The van der Waals surface area contributed by atoms with Gasteiger partial charge in [-0.05, 0) is 42.7 Å². The highest BCUT2D eigenvalue weighted by Crippen LogP contribution is 2.42. The molecule has 2 N–H and O–H groups in total. The van der Waals surface area contributed by atoms with Crippen LogP contribution >= 0.6 is 0 Å². The maximum Gasteiger partial charge on any atom is 0.214 e. The number of piperidine rings is 1. The van der Waals surface area contributed by atoms with E-state index in [2.05, 4.69) is 0 Å². The number of ketones is 1. The van der Waals surface area contributed by atoms with Gasteiger partial charge in [-0.15, -0.1) is 0 Å². The van der Waals surface area contributed by atoms with Crippen molar-refractivity contribution in [1.29, 1.82) is 0 Å². The van der Waals surface area contributed by atoms with Gasteiger partial charge in [0.05, 0.1) is 5.75 Å². The van der Waals surface area contributed by atoms with Crippen molar-refractivity contribution in [2.45, 2.75) is 57.0 Å². The minimum Gasteiger partial charge on any atom is -0.389 e. The number of benzene rings is 2. The van der Waals surface area contributed by atoms with Gasteiger partial charge < -0.3 is 10.2 Å². The molecule has 0 unspecified atom stereocenters. The number of aliphatic hydroxyl groups is 2. The first-order valence-electron chi connectivity index (χ1n) is 12.3. The largest absolute Gasteiger partial charge is 0.389 e. The molecule has 0 amide bonds. The van der Waals surface area contributed by atoms with Crippen molar-refractivity contribution in [2.24, 2.45) is 5.92 Å². The third-order valence-corrected chi connectivity index (χ3v) is 8.86. The lowest BCUT2D eigenvalue weighted by Gasteiger charge is -2.42. The zero-order valence-corrected chi connectivity index (χ0v) is 20.6. The van der Waals surface area contributed by atoms with Gasteiger partial charge in [-0.1, -0.05) is 79.9 Å². The zero-order valence-electron chi connectivity index (χ0n) is 19.8. The van der Waals surface area contributed by atoms with E-state index in [1.165, 1.54) is 0 Å². The molecule has 2 aromatic rings. The van der Waals surface area contributed by atoms with E-state index in [0.717, 1.165) is 36.8 Å². The van der Waals surface area contributed by atoms with Crippen LogP contribution in [-0.2, 0) is 20.4 Å². The number of Topliss-reactive ketones (excluding diaryl/α,β-unsaturated/α-hetero) is 1. The number of rotatable bonds is 13. The van der Waals surface area contributed by atoms with E-state index < -0.39 is 22.2 Å². The van der Waals surface area contributed by atoms with Crippen LogP contribution in [0.25, 0.3) is 0 Å². The second kappa shape index (κ2) is 12.6. The van der Waals surface area contributed by atoms with Crippen molar-refractivity contribution in [1.82, 2.24) is 4.31 Å². The molecule has 0 bridgehead atoms. The van der Waals surface area contributed by atoms with E-state index in [1.54, 1.807) is 4.31 Å². The Kier molecular flexibility index (Phi) is 9.83. The summed E-state index contributed by atoms with van der Waals surface area (Å²) in [7, 11) is -3.33. The van der Waals surface area contributed by atoms with E-state index >= 15 is 0 Å². The van der Waals surface area contributed by atoms with Crippen molar-refractivity contribution in [3.05, 3.63) is 71.8 Å². The monoisotopic (exact) mass is 487 g/mol. The molecule has 1 aliphatic heterocycles. The molecule has 0 aliphatic carbocycles. The molecule has 1 fully saturated rings. The quantitative estimate of drug-likeness (QED) is 0.418. The lowest BCUT2D eigenvalue weighted by atomic mass is 9.72. The summed E-state index contributed by atoms with van der Waals surface area (Å²) in [6.07, 6.45) is 5.50. The van der Waals surface area contributed by atoms with Gasteiger partial charge in [0, 0.05) is 19.5 Å². The fraction of sp³-hybridized carbons (Fsp3) is 0.519. The first kappa shape index (κ1) is 26.5. The van der Waals surface area contributed by atoms with Crippen LogP contribution in [0.2, 0.25) is 0 Å². The summed E-state index contributed by atoms with van der Waals surface area (Å²) in [5, 5.41) is 20.7. The van der Waals surface area contributed by atoms with Crippen LogP contribution in [0, 0.1) is 5.92 Å². The van der Waals surface area contributed by atoms with E-state index in [1.807, 2.05) is 60.7 Å². The Hall–Kier alpha value is -2.06. The molecule has 1 aliphatic rings. The molecule has 186 valence electrons. The number of hydrogen-bond donors (Lipinski definition) is 2. The van der Waals surface area contributed by atoms with Crippen LogP contribution in [-0.4, -0.2) is 54.2 Å². The van der Waals surface area contributed by atoms with Crippen molar-refractivity contribution < 1.29 is 23.4 Å². The summed E-state index contributed by atoms with van der Waals surface area (Å²) >= 11 is 0. The van der Waals surface area contributed by atoms with Gasteiger partial charge in [0.1, 0.15) is 12.2 Å². The molecule has 2 aromatic carbocycles. The summed E-state index contributed by atoms with van der Waals surface area (Å²) in [6, 6.07) is 19.3. The highest BCUT2D eigenvalue weighted by Gasteiger charge is 2.42. The Morgan fingerprint density at radius 2 is 1.35 bits per heavy atom. The SMILES string of the molecule is O=C(CO)CCCCCCCS(=O)(=O)N1CCC(C(O)(c2ccccc2)c2ccccc2)CC1. The first-order valence-corrected chi connectivity index (χ1v) is 13.9. The Bertz CT molecular complexity index is 947. The Balaban J connectivity index is 1.54. The summed E-state index contributed by atoms with van der Waals surface area (Å²) < 4.78 is 27.4. The normalized spacial score (nSPS) is 15.9. The van der Waals surface area contributed by atoms with Gasteiger partial charge in [-0.25, -0.2) is 12.7 Å². The number of aliphatic hydroxyl groups excluding tert-OH is 1. The summed E-state index contributed by atoms with van der Waals surface area (Å²) in [6.45, 7) is 0.430. The molecule has 34 heavy (non-hydrogen) atoms. The van der Waals surface area contributed by atoms with Gasteiger partial charge in [-0.2, -0.15) is 0 Å². The van der Waals surface area contributed by atoms with Crippen molar-refractivity contribution in [3.8, 4) is 0 Å². The fourth-order valence-electron chi connectivity index (χ4n) is 4.92. The smallest absolute Gasteiger partial charge is 0.214 e. The van der Waals surface area contributed by atoms with Crippen LogP contribution in [0.4, 0.5) is 0 Å². The molecule has 0 radical (unpaired) electrons. The predicted molar refractivity (Wildman–Crippen MR) is 134 cm³/mol. The average molecular weight is 488 g/mol. The molecule has 3 rings (SSSR count). The molecule has 1 heterocycles. The highest BCUT2D eigenvalue weighted by molar-refractivity contribution is 7.89. The van der Waals surface area contributed by atoms with E-state index in [9.17, 15) is 18.3 Å². The third kappa shape index (κ3) is 6.75. The molecular formula is C27H37NO5S. The zero-order chi connectivity index (χ0) is 24.4. The van der Waals surface area contributed by atoms with Crippen LogP contribution in [0.5, 0.6) is 0 Å². The third-order valence-electron chi connectivity index (χ3n) is 6.90. The number of nitrogens with zero attached hydrogens (tertiary/aromatic N) is 1. The Labute approximate surface area is 203 Å². The number of hydrogen-bond acceptors (Lipinski definition) is 5. The van der Waals surface area contributed by atoms with Gasteiger partial charge in [0.2, 0.25) is 10.0 Å². The number of unbranched alkanes of at least 4 members (excludes halogenated alkanes) is 4. The van der Waals surface area contributed by atoms with Gasteiger partial charge in [0.15, 0.2) is 5.78 Å². The highest BCUT2D eigenvalue weighted by atomic mass is 32.2. The number of sulfonamides is 1. The predicted octanol–water partition coefficient (Wildman–Crippen LogP) is 3.87. The standard InChI is InChI=1S/C27H37NO5S/c29-22-26(30)16-10-2-1-3-11-21-34(32,33)28-19-17-25(18-20-28)27(31,23-12-6-4-7-13-23)24-14-8-5-9-15-24/h4-9,12-15,25,29,31H,1-3,10-11,16-22H2. The minimum absolute atomic E-state index is 0.0784. The number of carbonyl (C=O) groups excluding carboxylic acids is 1. The van der Waals surface area contributed by atoms with Gasteiger partial charge in [-0.3, -0.25) is 4.79 Å². The van der Waals surface area contributed by atoms with E-state index in [4.69, 9.17) is 5.11 Å². The lowest BCUT2D eigenvalue weighted by Crippen LogP contribution is -2.46. The van der Waals surface area contributed by atoms with Crippen LogP contribution in [0.3, 0.4) is 0 Å². The van der Waals surface area contributed by atoms with Crippen LogP contribution in [0.1, 0.15) is 62.5 Å². The Morgan fingerprint density at radius 3 is 1.88 bits per heavy atom. The molecular weight excluding hydrogens is 450 g/mol. The van der Waals surface area contributed by atoms with Crippen molar-refractivity contribution >= 4 is 15.8 Å². The molecule has 7 heteroatoms. The van der Waals surface area contributed by atoms with Gasteiger partial charge in [0.25, 0.3) is 0 Å². The van der Waals surface area contributed by atoms with E-state index in [0.29, 0.717) is 38.8 Å². The summed E-state index contributed by atoms with van der Waals surface area (Å²) in [5.74, 6) is -0.0858. The molecule has 0 atom stereocenters. The van der Waals surface area contributed by atoms with E-state index in [-0.39, 0.29) is 17.5 Å². The molecule has 0 aromatic heterocycles. The molecule has 1 saturated heterocycles. The van der Waals surface area contributed by atoms with Crippen LogP contribution < -0.4 is 0 Å². The van der Waals surface area contributed by atoms with Crippen molar-refractivity contribution in [2.75, 3.05) is 25.4 Å². The maximum atomic E-state index is 12.9. The summed E-state index contributed by atoms with van der Waals surface area (Å²) in [5.41, 5.74) is 0.516. The van der Waals surface area contributed by atoms with Crippen molar-refractivity contribution in [3.63, 3.8) is 0 Å². The molecule has 0 spiro atoms. The summed E-state index contributed by atoms with van der Waals surface area (Å²) in [4.78, 5) is 11.1. The van der Waals surface area contributed by atoms with Gasteiger partial charge >= 0.3 is 0 Å². The maximum absolute atomic E-state index is 12.9. The second-order valence-corrected chi connectivity index (χ2v) is 11.3. The topological polar surface area (TPSA) is 94.9 Å².